The molecule has 0 saturated heterocycles. The Morgan fingerprint density at radius 1 is 1.00 bits per heavy atom. The molecule has 0 heterocycles. The average Bonchev–Trinajstić information content (AvgIpc) is 2.42. The van der Waals surface area contributed by atoms with Crippen LogP contribution in [0.1, 0.15) is 81.9 Å². The van der Waals surface area contributed by atoms with Crippen molar-refractivity contribution in [3.8, 4) is 0 Å². The summed E-state index contributed by atoms with van der Waals surface area (Å²) in [4.78, 5) is 0. The van der Waals surface area contributed by atoms with Gasteiger partial charge in [0.25, 0.3) is 0 Å². The highest BCUT2D eigenvalue weighted by Crippen LogP contribution is 2.34. The van der Waals surface area contributed by atoms with Gasteiger partial charge in [0.2, 0.25) is 0 Å². The monoisotopic (exact) mass is 288 g/mol. The van der Waals surface area contributed by atoms with E-state index in [2.05, 4.69) is 39.8 Å². The van der Waals surface area contributed by atoms with Crippen molar-refractivity contribution >= 4 is 5.69 Å². The molecule has 21 heavy (non-hydrogen) atoms. The van der Waals surface area contributed by atoms with Gasteiger partial charge in [0.1, 0.15) is 0 Å². The Balaban J connectivity index is 2.30. The molecule has 1 saturated carbocycles. The fourth-order valence-corrected chi connectivity index (χ4v) is 3.63. The number of nitrogen functional groups attached to an aromatic ring is 1. The molecule has 118 valence electrons. The van der Waals surface area contributed by atoms with Crippen LogP contribution in [0.4, 0.5) is 5.69 Å². The lowest BCUT2D eigenvalue weighted by Crippen LogP contribution is -2.34. The van der Waals surface area contributed by atoms with E-state index in [-0.39, 0.29) is 0 Å². The molecule has 0 amide bonds. The molecule has 1 aliphatic carbocycles. The van der Waals surface area contributed by atoms with Gasteiger partial charge in [-0.15, -0.1) is 0 Å². The van der Waals surface area contributed by atoms with Crippen LogP contribution in [0.25, 0.3) is 0 Å². The van der Waals surface area contributed by atoms with Crippen molar-refractivity contribution in [1.29, 1.82) is 0 Å². The number of benzene rings is 1. The summed E-state index contributed by atoms with van der Waals surface area (Å²) in [5.41, 5.74) is 17.8. The van der Waals surface area contributed by atoms with E-state index in [9.17, 15) is 0 Å². The van der Waals surface area contributed by atoms with Crippen molar-refractivity contribution in [3.05, 3.63) is 28.8 Å². The zero-order valence-corrected chi connectivity index (χ0v) is 14.2. The average molecular weight is 288 g/mol. The Morgan fingerprint density at radius 3 is 2.00 bits per heavy atom. The van der Waals surface area contributed by atoms with Crippen molar-refractivity contribution < 1.29 is 0 Å². The minimum absolute atomic E-state index is 0.376. The first-order valence-corrected chi connectivity index (χ1v) is 8.58. The summed E-state index contributed by atoms with van der Waals surface area (Å²) in [7, 11) is 0. The quantitative estimate of drug-likeness (QED) is 0.797. The lowest BCUT2D eigenvalue weighted by molar-refractivity contribution is 0.306. The predicted molar refractivity (Wildman–Crippen MR) is 92.7 cm³/mol. The second-order valence-corrected chi connectivity index (χ2v) is 7.41. The van der Waals surface area contributed by atoms with Gasteiger partial charge in [-0.05, 0) is 53.7 Å². The molecule has 0 aromatic heterocycles. The largest absolute Gasteiger partial charge is 0.398 e. The van der Waals surface area contributed by atoms with Crippen LogP contribution in [-0.2, 0) is 6.42 Å². The molecule has 2 heteroatoms. The van der Waals surface area contributed by atoms with Crippen LogP contribution in [0.3, 0.4) is 0 Å². The molecule has 1 aromatic carbocycles. The van der Waals surface area contributed by atoms with Crippen molar-refractivity contribution in [2.45, 2.75) is 77.7 Å². The van der Waals surface area contributed by atoms with Crippen LogP contribution in [-0.4, -0.2) is 6.04 Å². The summed E-state index contributed by atoms with van der Waals surface area (Å²) in [5.74, 6) is 1.59. The normalized spacial score (nSPS) is 23.0. The van der Waals surface area contributed by atoms with E-state index < -0.39 is 0 Å². The number of hydrogen-bond acceptors (Lipinski definition) is 2. The maximum atomic E-state index is 6.39. The predicted octanol–water partition coefficient (Wildman–Crippen LogP) is 4.58. The lowest BCUT2D eigenvalue weighted by Gasteiger charge is -2.29. The van der Waals surface area contributed by atoms with Crippen molar-refractivity contribution in [2.75, 3.05) is 5.73 Å². The molecule has 0 bridgehead atoms. The third kappa shape index (κ3) is 3.79. The highest BCUT2D eigenvalue weighted by molar-refractivity contribution is 5.58. The summed E-state index contributed by atoms with van der Waals surface area (Å²) < 4.78 is 0. The third-order valence-corrected chi connectivity index (χ3v) is 5.01. The molecule has 2 unspecified atom stereocenters. The van der Waals surface area contributed by atoms with Crippen LogP contribution in [0.5, 0.6) is 0 Å². The van der Waals surface area contributed by atoms with E-state index in [0.717, 1.165) is 12.1 Å². The first-order chi connectivity index (χ1) is 9.90. The van der Waals surface area contributed by atoms with Gasteiger partial charge in [0, 0.05) is 11.7 Å². The third-order valence-electron chi connectivity index (χ3n) is 5.01. The standard InChI is InChI=1S/C19H32N2/c1-12(2)16-10-14(11-17(13(3)4)19(16)21)9-15-7-5-6-8-18(15)20/h10-13,15,18H,5-9,20-21H2,1-4H3. The molecule has 1 aliphatic rings. The molecule has 2 atom stereocenters. The van der Waals surface area contributed by atoms with Crippen LogP contribution in [0.15, 0.2) is 12.1 Å². The van der Waals surface area contributed by atoms with E-state index in [1.54, 1.807) is 0 Å². The second-order valence-electron chi connectivity index (χ2n) is 7.41. The Morgan fingerprint density at radius 2 is 1.52 bits per heavy atom. The van der Waals surface area contributed by atoms with Gasteiger partial charge in [-0.3, -0.25) is 0 Å². The molecule has 1 fully saturated rings. The highest BCUT2D eigenvalue weighted by Gasteiger charge is 2.23. The van der Waals surface area contributed by atoms with Gasteiger partial charge in [-0.2, -0.15) is 0 Å². The van der Waals surface area contributed by atoms with E-state index in [4.69, 9.17) is 11.5 Å². The van der Waals surface area contributed by atoms with Crippen molar-refractivity contribution in [1.82, 2.24) is 0 Å². The minimum atomic E-state index is 0.376. The first kappa shape index (κ1) is 16.4. The van der Waals surface area contributed by atoms with Crippen molar-refractivity contribution in [2.24, 2.45) is 11.7 Å². The topological polar surface area (TPSA) is 52.0 Å². The molecule has 4 N–H and O–H groups in total. The van der Waals surface area contributed by atoms with Crippen molar-refractivity contribution in [3.63, 3.8) is 0 Å². The maximum Gasteiger partial charge on any atom is 0.0384 e. The zero-order valence-electron chi connectivity index (χ0n) is 14.2. The van der Waals surface area contributed by atoms with Gasteiger partial charge >= 0.3 is 0 Å². The molecule has 0 aliphatic heterocycles. The van der Waals surface area contributed by atoms with Gasteiger partial charge in [0.05, 0.1) is 0 Å². The SMILES string of the molecule is CC(C)c1cc(CC2CCCCC2N)cc(C(C)C)c1N. The molecule has 2 rings (SSSR count). The van der Waals surface area contributed by atoms with Crippen LogP contribution in [0.2, 0.25) is 0 Å². The Bertz CT molecular complexity index is 447. The minimum Gasteiger partial charge on any atom is -0.398 e. The fourth-order valence-electron chi connectivity index (χ4n) is 3.63. The molecular formula is C19H32N2. The van der Waals surface area contributed by atoms with Gasteiger partial charge in [0.15, 0.2) is 0 Å². The van der Waals surface area contributed by atoms with Crippen LogP contribution < -0.4 is 11.5 Å². The number of nitrogens with two attached hydrogens (primary N) is 2. The first-order valence-electron chi connectivity index (χ1n) is 8.58. The molecule has 0 spiro atoms. The molecular weight excluding hydrogens is 256 g/mol. The maximum absolute atomic E-state index is 6.39. The van der Waals surface area contributed by atoms with E-state index in [0.29, 0.717) is 23.8 Å². The summed E-state index contributed by atoms with van der Waals surface area (Å²) in [5, 5.41) is 0. The molecule has 2 nitrogen and oxygen atoms in total. The van der Waals surface area contributed by atoms with Gasteiger partial charge in [-0.1, -0.05) is 52.7 Å². The number of hydrogen-bond donors (Lipinski definition) is 2. The van der Waals surface area contributed by atoms with Gasteiger partial charge < -0.3 is 11.5 Å². The zero-order chi connectivity index (χ0) is 15.6. The summed E-state index contributed by atoms with van der Waals surface area (Å²) in [6.45, 7) is 8.91. The van der Waals surface area contributed by atoms with E-state index in [1.807, 2.05) is 0 Å². The molecule has 1 aromatic rings. The lowest BCUT2D eigenvalue weighted by atomic mass is 9.80. The Kier molecular flexibility index (Phi) is 5.32. The Hall–Kier alpha value is -1.02. The number of rotatable bonds is 4. The van der Waals surface area contributed by atoms with Gasteiger partial charge in [-0.25, -0.2) is 0 Å². The number of anilines is 1. The summed E-state index contributed by atoms with van der Waals surface area (Å²) >= 11 is 0. The van der Waals surface area contributed by atoms with Crippen LogP contribution >= 0.6 is 0 Å². The molecule has 0 radical (unpaired) electrons. The second kappa shape index (κ2) is 6.83. The summed E-state index contributed by atoms with van der Waals surface area (Å²) in [6, 6.07) is 5.03. The van der Waals surface area contributed by atoms with E-state index in [1.165, 1.54) is 42.4 Å². The smallest absolute Gasteiger partial charge is 0.0384 e. The fraction of sp³-hybridized carbons (Fsp3) is 0.684. The summed E-state index contributed by atoms with van der Waals surface area (Å²) in [6.07, 6.45) is 6.21. The Labute approximate surface area is 130 Å². The highest BCUT2D eigenvalue weighted by atomic mass is 14.7. The van der Waals surface area contributed by atoms with E-state index >= 15 is 0 Å². The van der Waals surface area contributed by atoms with Crippen LogP contribution in [0, 0.1) is 5.92 Å².